The molecule has 7 nitrogen and oxygen atoms in total. The third-order valence-corrected chi connectivity index (χ3v) is 6.15. The van der Waals surface area contributed by atoms with Crippen molar-refractivity contribution < 1.29 is 19.1 Å². The molecule has 7 heteroatoms. The number of hydrogen-bond acceptors (Lipinski definition) is 5. The molecule has 0 aliphatic carbocycles. The summed E-state index contributed by atoms with van der Waals surface area (Å²) >= 11 is 0. The highest BCUT2D eigenvalue weighted by Crippen LogP contribution is 2.36. The van der Waals surface area contributed by atoms with Crippen molar-refractivity contribution in [2.45, 2.75) is 6.42 Å². The van der Waals surface area contributed by atoms with Crippen LogP contribution in [-0.4, -0.2) is 35.0 Å². The van der Waals surface area contributed by atoms with E-state index in [0.29, 0.717) is 34.7 Å². The lowest BCUT2D eigenvalue weighted by Gasteiger charge is -2.15. The van der Waals surface area contributed by atoms with Crippen molar-refractivity contribution in [1.29, 1.82) is 0 Å². The number of aromatic amines is 1. The van der Waals surface area contributed by atoms with Gasteiger partial charge in [0, 0.05) is 35.4 Å². The molecular formula is C27H21N3O4. The van der Waals surface area contributed by atoms with Gasteiger partial charge in [-0.25, -0.2) is 0 Å². The quantitative estimate of drug-likeness (QED) is 0.427. The molecule has 3 aromatic carbocycles. The van der Waals surface area contributed by atoms with Crippen molar-refractivity contribution in [3.05, 3.63) is 95.8 Å². The number of nitrogens with one attached hydrogen (secondary N) is 2. The molecule has 168 valence electrons. The zero-order valence-corrected chi connectivity index (χ0v) is 18.2. The first-order chi connectivity index (χ1) is 16.7. The third kappa shape index (κ3) is 3.38. The third-order valence-electron chi connectivity index (χ3n) is 6.15. The van der Waals surface area contributed by atoms with Gasteiger partial charge in [0.25, 0.3) is 11.8 Å². The number of rotatable bonds is 6. The lowest BCUT2D eigenvalue weighted by atomic mass is 10.0. The van der Waals surface area contributed by atoms with Crippen LogP contribution in [0.1, 0.15) is 11.1 Å². The monoisotopic (exact) mass is 451 g/mol. The van der Waals surface area contributed by atoms with Gasteiger partial charge in [-0.15, -0.1) is 0 Å². The first-order valence-electron chi connectivity index (χ1n) is 11.1. The van der Waals surface area contributed by atoms with E-state index < -0.39 is 0 Å². The predicted molar refractivity (Wildman–Crippen MR) is 128 cm³/mol. The second-order valence-electron chi connectivity index (χ2n) is 8.18. The zero-order chi connectivity index (χ0) is 23.1. The number of imide groups is 1. The summed E-state index contributed by atoms with van der Waals surface area (Å²) in [6, 6.07) is 22.6. The van der Waals surface area contributed by atoms with Gasteiger partial charge in [0.05, 0.1) is 5.57 Å². The molecule has 0 bridgehead atoms. The molecule has 0 fully saturated rings. The van der Waals surface area contributed by atoms with Crippen LogP contribution in [0, 0.1) is 0 Å². The molecule has 0 radical (unpaired) electrons. The van der Waals surface area contributed by atoms with Crippen LogP contribution in [0.3, 0.4) is 0 Å². The van der Waals surface area contributed by atoms with Crippen LogP contribution >= 0.6 is 0 Å². The van der Waals surface area contributed by atoms with Gasteiger partial charge in [-0.05, 0) is 35.7 Å². The molecule has 3 heterocycles. The van der Waals surface area contributed by atoms with E-state index >= 15 is 0 Å². The highest BCUT2D eigenvalue weighted by atomic mass is 16.7. The van der Waals surface area contributed by atoms with E-state index in [1.54, 1.807) is 18.2 Å². The summed E-state index contributed by atoms with van der Waals surface area (Å²) in [5.41, 5.74) is 4.06. The topological polar surface area (TPSA) is 83.7 Å². The van der Waals surface area contributed by atoms with E-state index in [4.69, 9.17) is 9.47 Å². The normalized spacial score (nSPS) is 15.0. The fourth-order valence-corrected chi connectivity index (χ4v) is 4.46. The Balaban J connectivity index is 1.31. The Bertz CT molecular complexity index is 1460. The predicted octanol–water partition coefficient (Wildman–Crippen LogP) is 4.33. The summed E-state index contributed by atoms with van der Waals surface area (Å²) in [6.45, 7) is 0.442. The van der Waals surface area contributed by atoms with Gasteiger partial charge in [0.1, 0.15) is 5.70 Å². The van der Waals surface area contributed by atoms with Crippen LogP contribution in [0.5, 0.6) is 11.5 Å². The van der Waals surface area contributed by atoms with Gasteiger partial charge in [-0.1, -0.05) is 48.5 Å². The van der Waals surface area contributed by atoms with Gasteiger partial charge in [-0.3, -0.25) is 14.5 Å². The molecular weight excluding hydrogens is 430 g/mol. The Morgan fingerprint density at radius 1 is 0.882 bits per heavy atom. The Kier molecular flexibility index (Phi) is 4.80. The van der Waals surface area contributed by atoms with Gasteiger partial charge in [0.15, 0.2) is 11.5 Å². The van der Waals surface area contributed by atoms with E-state index in [9.17, 15) is 9.59 Å². The van der Waals surface area contributed by atoms with Crippen LogP contribution < -0.4 is 14.8 Å². The number of H-pyrrole nitrogens is 1. The first kappa shape index (κ1) is 20.1. The van der Waals surface area contributed by atoms with Crippen LogP contribution in [0.4, 0.5) is 5.69 Å². The minimum atomic E-state index is -0.346. The van der Waals surface area contributed by atoms with Crippen molar-refractivity contribution in [2.75, 3.05) is 18.7 Å². The SMILES string of the molecule is O=C1C(Nc2ccc3c(c2)OCO3)=C(c2ccccc2)C(=O)N1CCc1c[nH]c2ccccc12. The summed E-state index contributed by atoms with van der Waals surface area (Å²) in [4.78, 5) is 31.5. The number of para-hydroxylation sites is 1. The van der Waals surface area contributed by atoms with Crippen molar-refractivity contribution >= 4 is 34.0 Å². The molecule has 2 aliphatic rings. The number of aromatic nitrogens is 1. The van der Waals surface area contributed by atoms with Crippen LogP contribution in [0.2, 0.25) is 0 Å². The molecule has 4 aromatic rings. The van der Waals surface area contributed by atoms with E-state index in [1.807, 2.05) is 60.8 Å². The molecule has 6 rings (SSSR count). The number of amides is 2. The lowest BCUT2D eigenvalue weighted by Crippen LogP contribution is -2.34. The second-order valence-corrected chi connectivity index (χ2v) is 8.18. The van der Waals surface area contributed by atoms with Crippen molar-refractivity contribution in [3.8, 4) is 11.5 Å². The maximum Gasteiger partial charge on any atom is 0.278 e. The lowest BCUT2D eigenvalue weighted by molar-refractivity contribution is -0.136. The summed E-state index contributed by atoms with van der Waals surface area (Å²) < 4.78 is 10.8. The van der Waals surface area contributed by atoms with Crippen molar-refractivity contribution in [2.24, 2.45) is 0 Å². The number of hydrogen-bond donors (Lipinski definition) is 2. The van der Waals surface area contributed by atoms with E-state index in [-0.39, 0.29) is 30.8 Å². The number of fused-ring (bicyclic) bond motifs is 2. The average molecular weight is 451 g/mol. The largest absolute Gasteiger partial charge is 0.454 e. The molecule has 0 atom stereocenters. The van der Waals surface area contributed by atoms with E-state index in [0.717, 1.165) is 16.5 Å². The van der Waals surface area contributed by atoms with Crippen LogP contribution in [-0.2, 0) is 16.0 Å². The Morgan fingerprint density at radius 3 is 2.56 bits per heavy atom. The first-order valence-corrected chi connectivity index (χ1v) is 11.1. The molecule has 0 saturated carbocycles. The van der Waals surface area contributed by atoms with E-state index in [2.05, 4.69) is 10.3 Å². The molecule has 2 aliphatic heterocycles. The molecule has 2 N–H and O–H groups in total. The number of nitrogens with zero attached hydrogens (tertiary/aromatic N) is 1. The maximum absolute atomic E-state index is 13.5. The van der Waals surface area contributed by atoms with Crippen LogP contribution in [0.25, 0.3) is 16.5 Å². The molecule has 0 spiro atoms. The fraction of sp³-hybridized carbons (Fsp3) is 0.111. The van der Waals surface area contributed by atoms with Gasteiger partial charge in [0.2, 0.25) is 6.79 Å². The molecule has 0 saturated heterocycles. The Hall–Kier alpha value is -4.52. The fourth-order valence-electron chi connectivity index (χ4n) is 4.46. The maximum atomic E-state index is 13.5. The minimum Gasteiger partial charge on any atom is -0.454 e. The van der Waals surface area contributed by atoms with Crippen molar-refractivity contribution in [1.82, 2.24) is 9.88 Å². The van der Waals surface area contributed by atoms with Gasteiger partial charge in [-0.2, -0.15) is 0 Å². The molecule has 2 amide bonds. The standard InChI is InChI=1S/C27H21N3O4/c31-26-24(17-6-2-1-3-7-17)25(29-19-10-11-22-23(14-19)34-16-33-22)27(32)30(26)13-12-18-15-28-21-9-5-4-8-20(18)21/h1-11,14-15,28-29H,12-13,16H2. The number of ether oxygens (including phenoxy) is 2. The van der Waals surface area contributed by atoms with E-state index in [1.165, 1.54) is 4.90 Å². The molecule has 1 aromatic heterocycles. The van der Waals surface area contributed by atoms with Gasteiger partial charge < -0.3 is 19.8 Å². The zero-order valence-electron chi connectivity index (χ0n) is 18.2. The number of carbonyl (C=O) groups is 2. The highest BCUT2D eigenvalue weighted by molar-refractivity contribution is 6.36. The smallest absolute Gasteiger partial charge is 0.278 e. The Labute approximate surface area is 195 Å². The number of carbonyl (C=O) groups excluding carboxylic acids is 2. The number of benzene rings is 3. The Morgan fingerprint density at radius 2 is 1.68 bits per heavy atom. The summed E-state index contributed by atoms with van der Waals surface area (Å²) in [7, 11) is 0. The van der Waals surface area contributed by atoms with Crippen molar-refractivity contribution in [3.63, 3.8) is 0 Å². The molecule has 0 unspecified atom stereocenters. The summed E-state index contributed by atoms with van der Waals surface area (Å²) in [6.07, 6.45) is 2.49. The average Bonchev–Trinajstić information content (AvgIpc) is 3.56. The summed E-state index contributed by atoms with van der Waals surface area (Å²) in [5.74, 6) is 0.595. The summed E-state index contributed by atoms with van der Waals surface area (Å²) in [5, 5.41) is 4.27. The molecule has 34 heavy (non-hydrogen) atoms. The minimum absolute atomic E-state index is 0.162. The van der Waals surface area contributed by atoms with Gasteiger partial charge >= 0.3 is 0 Å². The second kappa shape index (κ2) is 8.12. The number of anilines is 1. The highest BCUT2D eigenvalue weighted by Gasteiger charge is 2.39. The van der Waals surface area contributed by atoms with Crippen LogP contribution in [0.15, 0.2) is 84.7 Å².